The van der Waals surface area contributed by atoms with Gasteiger partial charge in [0.15, 0.2) is 5.06 Å². The minimum atomic E-state index is -0.454. The SMILES string of the molecule is COc1cc(OCCCO)ccc1CNC(=O)Oc1sc(C)c2c1C[C@@H]1[C@H]2C1(C)C. The van der Waals surface area contributed by atoms with Gasteiger partial charge in [-0.25, -0.2) is 4.79 Å². The van der Waals surface area contributed by atoms with E-state index in [1.807, 2.05) is 12.1 Å². The monoisotopic (exact) mass is 431 g/mol. The van der Waals surface area contributed by atoms with Gasteiger partial charge in [-0.1, -0.05) is 13.8 Å². The lowest BCUT2D eigenvalue weighted by molar-refractivity contribution is 0.201. The van der Waals surface area contributed by atoms with Crippen LogP contribution < -0.4 is 19.5 Å². The predicted molar refractivity (Wildman–Crippen MR) is 116 cm³/mol. The van der Waals surface area contributed by atoms with Gasteiger partial charge in [-0.3, -0.25) is 0 Å². The topological polar surface area (TPSA) is 77.0 Å². The number of amides is 1. The van der Waals surface area contributed by atoms with Crippen LogP contribution in [0.4, 0.5) is 4.79 Å². The van der Waals surface area contributed by atoms with E-state index in [1.54, 1.807) is 24.5 Å². The van der Waals surface area contributed by atoms with Crippen LogP contribution in [0.3, 0.4) is 0 Å². The van der Waals surface area contributed by atoms with Crippen LogP contribution >= 0.6 is 11.3 Å². The van der Waals surface area contributed by atoms with Crippen molar-refractivity contribution in [3.05, 3.63) is 39.8 Å². The second-order valence-electron chi connectivity index (χ2n) is 8.59. The smallest absolute Gasteiger partial charge is 0.413 e. The number of benzene rings is 1. The third-order valence-electron chi connectivity index (χ3n) is 6.42. The molecular weight excluding hydrogens is 402 g/mol. The highest BCUT2D eigenvalue weighted by atomic mass is 32.1. The molecule has 1 fully saturated rings. The molecule has 0 aliphatic heterocycles. The van der Waals surface area contributed by atoms with Crippen LogP contribution in [0.15, 0.2) is 18.2 Å². The third kappa shape index (κ3) is 3.76. The first kappa shape index (κ1) is 21.0. The maximum atomic E-state index is 12.4. The maximum absolute atomic E-state index is 12.4. The van der Waals surface area contributed by atoms with Crippen LogP contribution in [0.25, 0.3) is 0 Å². The lowest BCUT2D eigenvalue weighted by atomic mass is 9.96. The number of nitrogens with one attached hydrogen (secondary N) is 1. The maximum Gasteiger partial charge on any atom is 0.413 e. The molecular formula is C23H29NO5S. The van der Waals surface area contributed by atoms with Crippen LogP contribution in [-0.2, 0) is 13.0 Å². The van der Waals surface area contributed by atoms with E-state index >= 15 is 0 Å². The molecule has 1 aromatic heterocycles. The highest BCUT2D eigenvalue weighted by Gasteiger charge is 2.63. The highest BCUT2D eigenvalue weighted by molar-refractivity contribution is 7.14. The Morgan fingerprint density at radius 1 is 1.37 bits per heavy atom. The quantitative estimate of drug-likeness (QED) is 0.606. The van der Waals surface area contributed by atoms with Crippen molar-refractivity contribution in [2.24, 2.45) is 11.3 Å². The number of ether oxygens (including phenoxy) is 3. The van der Waals surface area contributed by atoms with Gasteiger partial charge in [0.25, 0.3) is 0 Å². The second kappa shape index (κ2) is 8.12. The van der Waals surface area contributed by atoms with Crippen molar-refractivity contribution < 1.29 is 24.1 Å². The van der Waals surface area contributed by atoms with E-state index in [1.165, 1.54) is 16.0 Å². The van der Waals surface area contributed by atoms with Crippen molar-refractivity contribution in [1.82, 2.24) is 5.32 Å². The van der Waals surface area contributed by atoms with E-state index in [4.69, 9.17) is 19.3 Å². The average Bonchev–Trinajstić information content (AvgIpc) is 3.03. The van der Waals surface area contributed by atoms with Crippen molar-refractivity contribution in [3.63, 3.8) is 0 Å². The summed E-state index contributed by atoms with van der Waals surface area (Å²) in [5, 5.41) is 12.4. The Morgan fingerprint density at radius 2 is 2.17 bits per heavy atom. The van der Waals surface area contributed by atoms with Gasteiger partial charge in [0.05, 0.1) is 13.7 Å². The van der Waals surface area contributed by atoms with Crippen LogP contribution in [0.1, 0.15) is 47.8 Å². The number of methoxy groups -OCH3 is 1. The molecule has 0 bridgehead atoms. The lowest BCUT2D eigenvalue weighted by Crippen LogP contribution is -2.26. The Kier molecular flexibility index (Phi) is 5.68. The molecule has 2 aliphatic carbocycles. The predicted octanol–water partition coefficient (Wildman–Crippen LogP) is 4.41. The van der Waals surface area contributed by atoms with E-state index < -0.39 is 6.09 Å². The first-order valence-electron chi connectivity index (χ1n) is 10.3. The zero-order valence-corrected chi connectivity index (χ0v) is 18.7. The molecule has 2 aliphatic rings. The molecule has 0 saturated heterocycles. The number of rotatable bonds is 8. The summed E-state index contributed by atoms with van der Waals surface area (Å²) < 4.78 is 16.7. The standard InChI is InChI=1S/C23H29NO5S/c1-13-19-16(11-17-20(19)23(17,2)3)21(30-13)29-22(26)24-12-14-6-7-15(10-18(14)27-4)28-9-5-8-25/h6-7,10,17,20,25H,5,8-9,11-12H2,1-4H3,(H,24,26)/t17-,20-/m1/s1. The normalized spacial score (nSPS) is 20.3. The van der Waals surface area contributed by atoms with Gasteiger partial charge >= 0.3 is 6.09 Å². The van der Waals surface area contributed by atoms with Crippen molar-refractivity contribution in [2.75, 3.05) is 20.3 Å². The number of fused-ring (bicyclic) bond motifs is 3. The fraction of sp³-hybridized carbons (Fsp3) is 0.522. The van der Waals surface area contributed by atoms with Gasteiger partial charge < -0.3 is 24.6 Å². The zero-order chi connectivity index (χ0) is 21.5. The number of aliphatic hydroxyl groups is 1. The molecule has 30 heavy (non-hydrogen) atoms. The Balaban J connectivity index is 1.36. The van der Waals surface area contributed by atoms with Crippen molar-refractivity contribution >= 4 is 17.4 Å². The molecule has 1 amide bonds. The minimum Gasteiger partial charge on any atom is -0.496 e. The minimum absolute atomic E-state index is 0.0906. The molecule has 4 rings (SSSR count). The van der Waals surface area contributed by atoms with E-state index in [9.17, 15) is 4.79 Å². The van der Waals surface area contributed by atoms with Crippen LogP contribution in [-0.4, -0.2) is 31.5 Å². The number of hydrogen-bond acceptors (Lipinski definition) is 6. The third-order valence-corrected chi connectivity index (χ3v) is 7.46. The van der Waals surface area contributed by atoms with Crippen molar-refractivity contribution in [1.29, 1.82) is 0 Å². The fourth-order valence-electron chi connectivity index (χ4n) is 4.68. The first-order chi connectivity index (χ1) is 14.4. The summed E-state index contributed by atoms with van der Waals surface area (Å²) in [6.07, 6.45) is 1.12. The van der Waals surface area contributed by atoms with E-state index in [0.717, 1.165) is 17.0 Å². The fourth-order valence-corrected chi connectivity index (χ4v) is 5.75. The zero-order valence-electron chi connectivity index (χ0n) is 17.9. The molecule has 0 unspecified atom stereocenters. The van der Waals surface area contributed by atoms with Gasteiger partial charge in [0.2, 0.25) is 0 Å². The summed E-state index contributed by atoms with van der Waals surface area (Å²) >= 11 is 1.57. The average molecular weight is 432 g/mol. The number of aliphatic hydroxyl groups excluding tert-OH is 1. The molecule has 1 aromatic carbocycles. The summed E-state index contributed by atoms with van der Waals surface area (Å²) in [6.45, 7) is 7.60. The number of hydrogen-bond donors (Lipinski definition) is 2. The van der Waals surface area contributed by atoms with Gasteiger partial charge in [0.1, 0.15) is 11.5 Å². The Bertz CT molecular complexity index is 951. The van der Waals surface area contributed by atoms with Gasteiger partial charge in [0, 0.05) is 41.6 Å². The van der Waals surface area contributed by atoms with Gasteiger partial charge in [-0.15, -0.1) is 11.3 Å². The number of carbonyl (C=O) groups excluding carboxylic acids is 1. The molecule has 0 radical (unpaired) electrons. The summed E-state index contributed by atoms with van der Waals surface area (Å²) in [7, 11) is 1.58. The van der Waals surface area contributed by atoms with E-state index in [2.05, 4.69) is 26.1 Å². The molecule has 0 spiro atoms. The molecule has 7 heteroatoms. The molecule has 2 N–H and O–H groups in total. The summed E-state index contributed by atoms with van der Waals surface area (Å²) in [5.41, 5.74) is 3.85. The van der Waals surface area contributed by atoms with Crippen LogP contribution in [0, 0.1) is 18.3 Å². The number of thiophene rings is 1. The largest absolute Gasteiger partial charge is 0.496 e. The highest BCUT2D eigenvalue weighted by Crippen LogP contribution is 2.72. The van der Waals surface area contributed by atoms with E-state index in [-0.39, 0.29) is 6.61 Å². The lowest BCUT2D eigenvalue weighted by Gasteiger charge is -2.13. The molecule has 2 atom stereocenters. The van der Waals surface area contributed by atoms with Gasteiger partial charge in [-0.05, 0) is 48.3 Å². The summed E-state index contributed by atoms with van der Waals surface area (Å²) in [5.74, 6) is 2.60. The molecule has 1 heterocycles. The Labute approximate surface area is 181 Å². The van der Waals surface area contributed by atoms with Crippen LogP contribution in [0.5, 0.6) is 16.6 Å². The molecule has 1 saturated carbocycles. The molecule has 6 nitrogen and oxygen atoms in total. The summed E-state index contributed by atoms with van der Waals surface area (Å²) in [4.78, 5) is 13.7. The summed E-state index contributed by atoms with van der Waals surface area (Å²) in [6, 6.07) is 5.46. The van der Waals surface area contributed by atoms with E-state index in [0.29, 0.717) is 48.3 Å². The Hall–Kier alpha value is -2.25. The second-order valence-corrected chi connectivity index (χ2v) is 9.78. The van der Waals surface area contributed by atoms with Crippen molar-refractivity contribution in [2.45, 2.75) is 46.1 Å². The van der Waals surface area contributed by atoms with Crippen molar-refractivity contribution in [3.8, 4) is 16.6 Å². The van der Waals surface area contributed by atoms with Gasteiger partial charge in [-0.2, -0.15) is 0 Å². The molecule has 162 valence electrons. The number of carbonyl (C=O) groups is 1. The Morgan fingerprint density at radius 3 is 2.90 bits per heavy atom. The number of aryl methyl sites for hydroxylation is 1. The molecule has 2 aromatic rings. The first-order valence-corrected chi connectivity index (χ1v) is 11.2. The van der Waals surface area contributed by atoms with Crippen LogP contribution in [0.2, 0.25) is 0 Å².